The van der Waals surface area contributed by atoms with Gasteiger partial charge in [-0.3, -0.25) is 0 Å². The van der Waals surface area contributed by atoms with E-state index in [1.165, 1.54) is 22.4 Å². The Morgan fingerprint density at radius 1 is 0.958 bits per heavy atom. The average Bonchev–Trinajstić information content (AvgIpc) is 3.09. The van der Waals surface area contributed by atoms with Gasteiger partial charge in [-0.15, -0.1) is 0 Å². The van der Waals surface area contributed by atoms with Gasteiger partial charge in [-0.05, 0) is 36.2 Å². The topological polar surface area (TPSA) is 40.7 Å². The molecule has 0 unspecified atom stereocenters. The first-order valence-electron chi connectivity index (χ1n) is 8.27. The van der Waals surface area contributed by atoms with E-state index in [-0.39, 0.29) is 0 Å². The number of aromatic nitrogens is 2. The molecule has 1 aromatic heterocycles. The lowest BCUT2D eigenvalue weighted by Crippen LogP contribution is -2.09. The van der Waals surface area contributed by atoms with Crippen molar-refractivity contribution in [3.8, 4) is 0 Å². The zero-order valence-corrected chi connectivity index (χ0v) is 14.1. The van der Waals surface area contributed by atoms with Gasteiger partial charge in [0.1, 0.15) is 5.82 Å². The van der Waals surface area contributed by atoms with Crippen LogP contribution in [0.25, 0.3) is 0 Å². The Labute approximate surface area is 146 Å². The first-order chi connectivity index (χ1) is 11.8. The smallest absolute Gasteiger partial charge is 0.198 e. The summed E-state index contributed by atoms with van der Waals surface area (Å²) in [4.78, 5) is 7.76. The van der Waals surface area contributed by atoms with E-state index in [4.69, 9.17) is 12.2 Å². The maximum Gasteiger partial charge on any atom is 0.198 e. The van der Waals surface area contributed by atoms with Gasteiger partial charge in [0.2, 0.25) is 0 Å². The van der Waals surface area contributed by atoms with Crippen LogP contribution in [0.5, 0.6) is 0 Å². The SMILES string of the molecule is S=c1nc2c(c(CC(c3ccccc3)c3ccccc3)[nH]1)CCN2. The van der Waals surface area contributed by atoms with Crippen LogP contribution in [-0.4, -0.2) is 16.5 Å². The molecule has 0 bridgehead atoms. The number of rotatable bonds is 4. The molecule has 0 saturated carbocycles. The highest BCUT2D eigenvalue weighted by atomic mass is 32.1. The Hall–Kier alpha value is -2.46. The second kappa shape index (κ2) is 6.57. The fourth-order valence-corrected chi connectivity index (χ4v) is 3.66. The lowest BCUT2D eigenvalue weighted by Gasteiger charge is -2.19. The maximum atomic E-state index is 5.32. The van der Waals surface area contributed by atoms with Crippen molar-refractivity contribution in [2.24, 2.45) is 0 Å². The van der Waals surface area contributed by atoms with Crippen LogP contribution in [0.1, 0.15) is 28.3 Å². The van der Waals surface area contributed by atoms with E-state index >= 15 is 0 Å². The third kappa shape index (κ3) is 2.97. The molecule has 0 fully saturated rings. The second-order valence-electron chi connectivity index (χ2n) is 6.10. The largest absolute Gasteiger partial charge is 0.369 e. The molecule has 0 radical (unpaired) electrons. The van der Waals surface area contributed by atoms with Gasteiger partial charge in [0.05, 0.1) is 0 Å². The van der Waals surface area contributed by atoms with Crippen molar-refractivity contribution in [3.05, 3.63) is 87.8 Å². The van der Waals surface area contributed by atoms with Gasteiger partial charge >= 0.3 is 0 Å². The maximum absolute atomic E-state index is 5.32. The number of hydrogen-bond acceptors (Lipinski definition) is 3. The fourth-order valence-electron chi connectivity index (χ4n) is 3.44. The molecule has 1 aliphatic heterocycles. The summed E-state index contributed by atoms with van der Waals surface area (Å²) in [5.74, 6) is 1.25. The van der Waals surface area contributed by atoms with Crippen molar-refractivity contribution < 1.29 is 0 Å². The van der Waals surface area contributed by atoms with Crippen molar-refractivity contribution in [2.75, 3.05) is 11.9 Å². The molecule has 2 aromatic carbocycles. The molecule has 0 saturated heterocycles. The Kier molecular flexibility index (Phi) is 4.13. The van der Waals surface area contributed by atoms with Crippen molar-refractivity contribution >= 4 is 18.0 Å². The zero-order valence-electron chi connectivity index (χ0n) is 13.3. The van der Waals surface area contributed by atoms with Gasteiger partial charge in [0.15, 0.2) is 4.77 Å². The lowest BCUT2D eigenvalue weighted by molar-refractivity contribution is 0.767. The van der Waals surface area contributed by atoms with E-state index in [0.29, 0.717) is 10.7 Å². The molecular formula is C20H19N3S. The monoisotopic (exact) mass is 333 g/mol. The molecule has 3 nitrogen and oxygen atoms in total. The standard InChI is InChI=1S/C20H19N3S/c24-20-22-18(16-11-12-21-19(16)23-20)13-17(14-7-3-1-4-8-14)15-9-5-2-6-10-15/h1-10,17H,11-13H2,(H2,21,22,23,24). The van der Waals surface area contributed by atoms with E-state index in [2.05, 4.69) is 75.9 Å². The van der Waals surface area contributed by atoms with Crippen LogP contribution >= 0.6 is 12.2 Å². The molecule has 0 spiro atoms. The number of nitrogens with zero attached hydrogens (tertiary/aromatic N) is 1. The number of benzene rings is 2. The van der Waals surface area contributed by atoms with E-state index in [0.717, 1.165) is 25.2 Å². The summed E-state index contributed by atoms with van der Waals surface area (Å²) in [6, 6.07) is 21.3. The van der Waals surface area contributed by atoms with Crippen LogP contribution in [0.2, 0.25) is 0 Å². The first-order valence-corrected chi connectivity index (χ1v) is 8.68. The van der Waals surface area contributed by atoms with E-state index < -0.39 is 0 Å². The van der Waals surface area contributed by atoms with Gasteiger partial charge in [0.25, 0.3) is 0 Å². The molecule has 3 aromatic rings. The van der Waals surface area contributed by atoms with Crippen molar-refractivity contribution in [1.82, 2.24) is 9.97 Å². The normalized spacial score (nSPS) is 12.9. The Morgan fingerprint density at radius 2 is 1.58 bits per heavy atom. The third-order valence-electron chi connectivity index (χ3n) is 4.60. The highest BCUT2D eigenvalue weighted by molar-refractivity contribution is 7.71. The van der Waals surface area contributed by atoms with Crippen LogP contribution in [0.15, 0.2) is 60.7 Å². The van der Waals surface area contributed by atoms with Crippen LogP contribution < -0.4 is 5.32 Å². The quantitative estimate of drug-likeness (QED) is 0.692. The van der Waals surface area contributed by atoms with E-state index in [1.54, 1.807) is 0 Å². The summed E-state index contributed by atoms with van der Waals surface area (Å²) < 4.78 is 0.554. The fraction of sp³-hybridized carbons (Fsp3) is 0.200. The number of aromatic amines is 1. The van der Waals surface area contributed by atoms with Gasteiger partial charge in [0, 0.05) is 23.7 Å². The molecule has 2 N–H and O–H groups in total. The molecule has 0 amide bonds. The Balaban J connectivity index is 1.78. The van der Waals surface area contributed by atoms with Crippen LogP contribution in [0.3, 0.4) is 0 Å². The minimum Gasteiger partial charge on any atom is -0.369 e. The summed E-state index contributed by atoms with van der Waals surface area (Å²) >= 11 is 5.32. The van der Waals surface area contributed by atoms with Crippen molar-refractivity contribution in [3.63, 3.8) is 0 Å². The Morgan fingerprint density at radius 3 is 2.21 bits per heavy atom. The third-order valence-corrected chi connectivity index (χ3v) is 4.79. The van der Waals surface area contributed by atoms with Crippen molar-refractivity contribution in [1.29, 1.82) is 0 Å². The van der Waals surface area contributed by atoms with E-state index in [1.807, 2.05) is 0 Å². The van der Waals surface area contributed by atoms with Gasteiger partial charge in [-0.25, -0.2) is 4.98 Å². The van der Waals surface area contributed by atoms with Crippen LogP contribution in [-0.2, 0) is 12.8 Å². The minimum absolute atomic E-state index is 0.296. The predicted molar refractivity (Wildman–Crippen MR) is 100 cm³/mol. The molecule has 4 rings (SSSR count). The molecule has 2 heterocycles. The summed E-state index contributed by atoms with van der Waals surface area (Å²) in [6.07, 6.45) is 1.89. The lowest BCUT2D eigenvalue weighted by atomic mass is 9.86. The molecule has 24 heavy (non-hydrogen) atoms. The van der Waals surface area contributed by atoms with E-state index in [9.17, 15) is 0 Å². The second-order valence-corrected chi connectivity index (χ2v) is 6.49. The first kappa shape index (κ1) is 15.1. The number of hydrogen-bond donors (Lipinski definition) is 2. The van der Waals surface area contributed by atoms with Gasteiger partial charge in [-0.2, -0.15) is 0 Å². The number of anilines is 1. The average molecular weight is 333 g/mol. The number of nitrogens with one attached hydrogen (secondary N) is 2. The summed E-state index contributed by atoms with van der Waals surface area (Å²) in [5, 5.41) is 3.34. The molecule has 120 valence electrons. The highest BCUT2D eigenvalue weighted by Gasteiger charge is 2.21. The summed E-state index contributed by atoms with van der Waals surface area (Å²) in [5.41, 5.74) is 5.12. The molecule has 4 heteroatoms. The molecular weight excluding hydrogens is 314 g/mol. The van der Waals surface area contributed by atoms with Crippen LogP contribution in [0.4, 0.5) is 5.82 Å². The van der Waals surface area contributed by atoms with Gasteiger partial charge in [-0.1, -0.05) is 60.7 Å². The number of H-pyrrole nitrogens is 1. The van der Waals surface area contributed by atoms with Gasteiger partial charge < -0.3 is 10.3 Å². The Bertz CT molecular complexity index is 848. The predicted octanol–water partition coefficient (Wildman–Crippen LogP) is 4.48. The van der Waals surface area contributed by atoms with Crippen molar-refractivity contribution in [2.45, 2.75) is 18.8 Å². The summed E-state index contributed by atoms with van der Waals surface area (Å²) in [7, 11) is 0. The highest BCUT2D eigenvalue weighted by Crippen LogP contribution is 2.31. The zero-order chi connectivity index (χ0) is 16.4. The number of fused-ring (bicyclic) bond motifs is 1. The molecule has 0 aliphatic carbocycles. The molecule has 0 atom stereocenters. The van der Waals surface area contributed by atoms with Crippen LogP contribution in [0, 0.1) is 4.77 Å². The minimum atomic E-state index is 0.296. The molecule has 1 aliphatic rings. The summed E-state index contributed by atoms with van der Waals surface area (Å²) in [6.45, 7) is 0.934.